The van der Waals surface area contributed by atoms with Gasteiger partial charge in [-0.3, -0.25) is 0 Å². The highest BCUT2D eigenvalue weighted by atomic mass is 32.2. The van der Waals surface area contributed by atoms with Crippen molar-refractivity contribution in [3.63, 3.8) is 0 Å². The minimum atomic E-state index is -2.97. The molecule has 0 aromatic rings. The summed E-state index contributed by atoms with van der Waals surface area (Å²) < 4.78 is 23.6. The van der Waals surface area contributed by atoms with Crippen LogP contribution in [0.1, 0.15) is 13.3 Å². The van der Waals surface area contributed by atoms with Crippen LogP contribution in [0.2, 0.25) is 0 Å². The second-order valence-corrected chi connectivity index (χ2v) is 3.75. The number of nitrogens with one attached hydrogen (secondary N) is 1. The van der Waals surface area contributed by atoms with Crippen molar-refractivity contribution in [2.75, 3.05) is 12.3 Å². The first-order valence-electron chi connectivity index (χ1n) is 2.89. The van der Waals surface area contributed by atoms with Gasteiger partial charge in [0.1, 0.15) is 0 Å². The lowest BCUT2D eigenvalue weighted by molar-refractivity contribution is 0.583. The predicted octanol–water partition coefficient (Wildman–Crippen LogP) is 0.150. The molecular weight excluding hydrogens is 138 g/mol. The normalized spacial score (nSPS) is 11.8. The number of hydrogen-bond donors (Lipinski definition) is 1. The van der Waals surface area contributed by atoms with Crippen molar-refractivity contribution in [2.24, 2.45) is 0 Å². The first-order valence-corrected chi connectivity index (χ1v) is 4.54. The Hall–Kier alpha value is -0.0900. The maximum absolute atomic E-state index is 10.6. The molecule has 0 bridgehead atoms. The molecular formula is C5H12NO2S. The van der Waals surface area contributed by atoms with Crippen LogP contribution in [-0.4, -0.2) is 20.7 Å². The second kappa shape index (κ2) is 3.85. The molecule has 4 heteroatoms. The van der Waals surface area contributed by atoms with Gasteiger partial charge in [-0.25, -0.2) is 13.1 Å². The third-order valence-corrected chi connectivity index (χ3v) is 2.28. The molecule has 0 atom stereocenters. The molecule has 0 aliphatic carbocycles. The van der Waals surface area contributed by atoms with Gasteiger partial charge >= 0.3 is 0 Å². The zero-order valence-corrected chi connectivity index (χ0v) is 6.37. The lowest BCUT2D eigenvalue weighted by Crippen LogP contribution is -2.25. The van der Waals surface area contributed by atoms with Crippen molar-refractivity contribution in [2.45, 2.75) is 13.3 Å². The van der Waals surface area contributed by atoms with Gasteiger partial charge in [0.05, 0.1) is 5.75 Å². The SMILES string of the molecule is [CH2]CCNS(=O)(=O)CC. The Labute approximate surface area is 56.5 Å². The molecule has 55 valence electrons. The van der Waals surface area contributed by atoms with E-state index >= 15 is 0 Å². The van der Waals surface area contributed by atoms with E-state index in [1.807, 2.05) is 0 Å². The van der Waals surface area contributed by atoms with Crippen molar-refractivity contribution < 1.29 is 8.42 Å². The Morgan fingerprint density at radius 1 is 1.56 bits per heavy atom. The van der Waals surface area contributed by atoms with Crippen LogP contribution < -0.4 is 4.72 Å². The molecule has 0 aromatic carbocycles. The van der Waals surface area contributed by atoms with Crippen molar-refractivity contribution in [3.8, 4) is 0 Å². The predicted molar refractivity (Wildman–Crippen MR) is 37.4 cm³/mol. The first-order chi connectivity index (χ1) is 4.12. The largest absolute Gasteiger partial charge is 0.215 e. The van der Waals surface area contributed by atoms with E-state index in [0.717, 1.165) is 0 Å². The summed E-state index contributed by atoms with van der Waals surface area (Å²) in [6.45, 7) is 5.54. The van der Waals surface area contributed by atoms with Crippen LogP contribution in [0.5, 0.6) is 0 Å². The van der Waals surface area contributed by atoms with Crippen LogP contribution in [0, 0.1) is 6.92 Å². The summed E-state index contributed by atoms with van der Waals surface area (Å²) in [6.07, 6.45) is 0.596. The van der Waals surface area contributed by atoms with Crippen molar-refractivity contribution in [3.05, 3.63) is 6.92 Å². The van der Waals surface area contributed by atoms with E-state index in [1.54, 1.807) is 6.92 Å². The van der Waals surface area contributed by atoms with E-state index in [4.69, 9.17) is 0 Å². The van der Waals surface area contributed by atoms with Crippen LogP contribution in [0.4, 0.5) is 0 Å². The van der Waals surface area contributed by atoms with Gasteiger partial charge < -0.3 is 0 Å². The van der Waals surface area contributed by atoms with Gasteiger partial charge in [0, 0.05) is 6.54 Å². The molecule has 0 saturated carbocycles. The Bertz CT molecular complexity index is 150. The Morgan fingerprint density at radius 3 is 2.44 bits per heavy atom. The van der Waals surface area contributed by atoms with Crippen molar-refractivity contribution in [1.82, 2.24) is 4.72 Å². The first kappa shape index (κ1) is 8.91. The molecule has 0 saturated heterocycles. The van der Waals surface area contributed by atoms with E-state index in [1.165, 1.54) is 0 Å². The highest BCUT2D eigenvalue weighted by molar-refractivity contribution is 7.89. The third kappa shape index (κ3) is 4.42. The van der Waals surface area contributed by atoms with Crippen LogP contribution >= 0.6 is 0 Å². The minimum absolute atomic E-state index is 0.146. The van der Waals surface area contributed by atoms with Gasteiger partial charge in [0.15, 0.2) is 0 Å². The molecule has 9 heavy (non-hydrogen) atoms. The number of rotatable bonds is 4. The molecule has 1 N–H and O–H groups in total. The fraction of sp³-hybridized carbons (Fsp3) is 0.800. The summed E-state index contributed by atoms with van der Waals surface area (Å²) in [4.78, 5) is 0. The average Bonchev–Trinajstić information content (AvgIpc) is 1.84. The summed E-state index contributed by atoms with van der Waals surface area (Å²) in [6, 6.07) is 0. The molecule has 0 aromatic heterocycles. The van der Waals surface area contributed by atoms with Crippen LogP contribution in [0.15, 0.2) is 0 Å². The van der Waals surface area contributed by atoms with E-state index in [0.29, 0.717) is 13.0 Å². The molecule has 0 amide bonds. The molecule has 0 aliphatic heterocycles. The summed E-state index contributed by atoms with van der Waals surface area (Å²) in [7, 11) is -2.97. The van der Waals surface area contributed by atoms with E-state index in [-0.39, 0.29) is 5.75 Å². The highest BCUT2D eigenvalue weighted by Crippen LogP contribution is 1.81. The van der Waals surface area contributed by atoms with Crippen LogP contribution in [0.25, 0.3) is 0 Å². The van der Waals surface area contributed by atoms with E-state index in [2.05, 4.69) is 11.6 Å². The Morgan fingerprint density at radius 2 is 2.11 bits per heavy atom. The lowest BCUT2D eigenvalue weighted by atomic mass is 10.5. The molecule has 0 unspecified atom stereocenters. The minimum Gasteiger partial charge on any atom is -0.215 e. The zero-order valence-electron chi connectivity index (χ0n) is 5.55. The van der Waals surface area contributed by atoms with Gasteiger partial charge in [0.2, 0.25) is 10.0 Å². The zero-order chi connectivity index (χ0) is 7.33. The van der Waals surface area contributed by atoms with Gasteiger partial charge in [-0.15, -0.1) is 0 Å². The highest BCUT2D eigenvalue weighted by Gasteiger charge is 2.02. The number of hydrogen-bond acceptors (Lipinski definition) is 2. The van der Waals surface area contributed by atoms with Gasteiger partial charge in [-0.2, -0.15) is 0 Å². The molecule has 0 heterocycles. The molecule has 0 spiro atoms. The molecule has 0 rings (SSSR count). The van der Waals surface area contributed by atoms with Crippen molar-refractivity contribution in [1.29, 1.82) is 0 Å². The van der Waals surface area contributed by atoms with E-state index < -0.39 is 10.0 Å². The summed E-state index contributed by atoms with van der Waals surface area (Å²) >= 11 is 0. The fourth-order valence-electron chi connectivity index (χ4n) is 0.330. The topological polar surface area (TPSA) is 46.2 Å². The molecule has 3 nitrogen and oxygen atoms in total. The summed E-state index contributed by atoms with van der Waals surface area (Å²) in [5.74, 6) is 0.146. The molecule has 1 radical (unpaired) electrons. The maximum atomic E-state index is 10.6. The van der Waals surface area contributed by atoms with Crippen molar-refractivity contribution >= 4 is 10.0 Å². The van der Waals surface area contributed by atoms with Gasteiger partial charge in [0.25, 0.3) is 0 Å². The monoisotopic (exact) mass is 150 g/mol. The van der Waals surface area contributed by atoms with Gasteiger partial charge in [-0.05, 0) is 13.3 Å². The Balaban J connectivity index is 3.61. The average molecular weight is 150 g/mol. The molecule has 0 aliphatic rings. The second-order valence-electron chi connectivity index (χ2n) is 1.65. The lowest BCUT2D eigenvalue weighted by Gasteiger charge is -1.99. The number of sulfonamides is 1. The van der Waals surface area contributed by atoms with E-state index in [9.17, 15) is 8.42 Å². The molecule has 0 fully saturated rings. The van der Waals surface area contributed by atoms with Crippen LogP contribution in [-0.2, 0) is 10.0 Å². The standard InChI is InChI=1S/C5H12NO2S/c1-3-5-6-9(7,8)4-2/h6H,1,3-5H2,2H3. The Kier molecular flexibility index (Phi) is 3.81. The fourth-order valence-corrected chi connectivity index (χ4v) is 0.989. The van der Waals surface area contributed by atoms with Crippen LogP contribution in [0.3, 0.4) is 0 Å². The quantitative estimate of drug-likeness (QED) is 0.620. The smallest absolute Gasteiger partial charge is 0.211 e. The maximum Gasteiger partial charge on any atom is 0.211 e. The third-order valence-electron chi connectivity index (χ3n) is 0.879. The van der Waals surface area contributed by atoms with Gasteiger partial charge in [-0.1, -0.05) is 6.92 Å². The summed E-state index contributed by atoms with van der Waals surface area (Å²) in [5, 5.41) is 0. The summed E-state index contributed by atoms with van der Waals surface area (Å²) in [5.41, 5.74) is 0.